The molecule has 1 aliphatic rings. The molecule has 1 saturated carbocycles. The fourth-order valence-corrected chi connectivity index (χ4v) is 2.30. The molecule has 0 amide bonds. The van der Waals surface area contributed by atoms with Crippen molar-refractivity contribution in [3.63, 3.8) is 0 Å². The minimum absolute atomic E-state index is 0.181. The fraction of sp³-hybridized carbons (Fsp3) is 0.600. The molecule has 1 aliphatic carbocycles. The lowest BCUT2D eigenvalue weighted by Gasteiger charge is -2.30. The van der Waals surface area contributed by atoms with Crippen LogP contribution in [0.1, 0.15) is 37.7 Å². The van der Waals surface area contributed by atoms with Crippen molar-refractivity contribution in [3.05, 3.63) is 24.3 Å². The zero-order valence-corrected chi connectivity index (χ0v) is 8.30. The maximum absolute atomic E-state index is 6.52. The van der Waals surface area contributed by atoms with E-state index in [1.165, 1.54) is 19.3 Å². The second-order valence-corrected chi connectivity index (χ2v) is 4.38. The molecule has 0 radical (unpaired) electrons. The van der Waals surface area contributed by atoms with Crippen LogP contribution in [0.4, 0.5) is 0 Å². The van der Waals surface area contributed by atoms with Crippen LogP contribution in [-0.2, 0) is 4.87 Å². The predicted molar refractivity (Wildman–Crippen MR) is 52.6 cm³/mol. The predicted octanol–water partition coefficient (Wildman–Crippen LogP) is 2.87. The van der Waals surface area contributed by atoms with Crippen molar-refractivity contribution in [2.75, 3.05) is 0 Å². The molecule has 0 unspecified atom stereocenters. The van der Waals surface area contributed by atoms with E-state index < -0.39 is 0 Å². The number of alkyl halides is 1. The molecule has 0 bridgehead atoms. The summed E-state index contributed by atoms with van der Waals surface area (Å²) in [5, 5.41) is 0. The second-order valence-electron chi connectivity index (χ2n) is 3.65. The Hall–Kier alpha value is -0.630. The second kappa shape index (κ2) is 3.62. The third-order valence-electron chi connectivity index (χ3n) is 2.72. The van der Waals surface area contributed by atoms with Crippen LogP contribution in [0.5, 0.6) is 0 Å². The summed E-state index contributed by atoms with van der Waals surface area (Å²) in [5.41, 5.74) is 1.08. The zero-order valence-electron chi connectivity index (χ0n) is 7.54. The van der Waals surface area contributed by atoms with Crippen LogP contribution in [0.2, 0.25) is 0 Å². The van der Waals surface area contributed by atoms with Crippen molar-refractivity contribution in [3.8, 4) is 0 Å². The lowest BCUT2D eigenvalue weighted by molar-refractivity contribution is 0.397. The van der Waals surface area contributed by atoms with Crippen LogP contribution < -0.4 is 0 Å². The van der Waals surface area contributed by atoms with Gasteiger partial charge in [0.2, 0.25) is 0 Å². The first-order chi connectivity index (χ1) is 6.31. The molecular formula is C10H13ClN2. The summed E-state index contributed by atoms with van der Waals surface area (Å²) in [6.07, 6.45) is 11.1. The number of hydrogen-bond acceptors (Lipinski definition) is 2. The van der Waals surface area contributed by atoms with Gasteiger partial charge in [0.05, 0.1) is 4.87 Å². The highest BCUT2D eigenvalue weighted by Gasteiger charge is 2.31. The molecule has 70 valence electrons. The minimum Gasteiger partial charge on any atom is -0.244 e. The van der Waals surface area contributed by atoms with Gasteiger partial charge in [-0.2, -0.15) is 0 Å². The molecule has 0 saturated heterocycles. The number of hydrogen-bond donors (Lipinski definition) is 0. The van der Waals surface area contributed by atoms with Crippen molar-refractivity contribution < 1.29 is 0 Å². The Morgan fingerprint density at radius 3 is 2.31 bits per heavy atom. The van der Waals surface area contributed by atoms with Gasteiger partial charge in [-0.25, -0.2) is 9.97 Å². The minimum atomic E-state index is -0.181. The molecule has 13 heavy (non-hydrogen) atoms. The summed E-state index contributed by atoms with van der Waals surface area (Å²) in [6, 6.07) is 0. The van der Waals surface area contributed by atoms with Gasteiger partial charge < -0.3 is 0 Å². The SMILES string of the molecule is ClC1(c2cncnc2)CCCCC1. The van der Waals surface area contributed by atoms with Crippen LogP contribution in [0, 0.1) is 0 Å². The fourth-order valence-electron chi connectivity index (χ4n) is 1.93. The Kier molecular flexibility index (Phi) is 2.49. The van der Waals surface area contributed by atoms with E-state index in [1.54, 1.807) is 6.33 Å². The van der Waals surface area contributed by atoms with Crippen molar-refractivity contribution >= 4 is 11.6 Å². The van der Waals surface area contributed by atoms with Gasteiger partial charge in [0.15, 0.2) is 0 Å². The number of nitrogens with zero attached hydrogens (tertiary/aromatic N) is 2. The van der Waals surface area contributed by atoms with Gasteiger partial charge >= 0.3 is 0 Å². The van der Waals surface area contributed by atoms with E-state index in [1.807, 2.05) is 12.4 Å². The molecule has 0 aliphatic heterocycles. The molecular weight excluding hydrogens is 184 g/mol. The van der Waals surface area contributed by atoms with Gasteiger partial charge in [0, 0.05) is 18.0 Å². The normalized spacial score (nSPS) is 21.3. The van der Waals surface area contributed by atoms with Crippen molar-refractivity contribution in [1.29, 1.82) is 0 Å². The molecule has 1 fully saturated rings. The largest absolute Gasteiger partial charge is 0.244 e. The van der Waals surface area contributed by atoms with Crippen molar-refractivity contribution in [1.82, 2.24) is 9.97 Å². The molecule has 1 aromatic heterocycles. The molecule has 0 atom stereocenters. The standard InChI is InChI=1S/C10H13ClN2/c11-10(4-2-1-3-5-10)9-6-12-8-13-7-9/h6-8H,1-5H2. The summed E-state index contributed by atoms with van der Waals surface area (Å²) in [5.74, 6) is 0. The lowest BCUT2D eigenvalue weighted by Crippen LogP contribution is -2.22. The molecule has 1 aromatic rings. The topological polar surface area (TPSA) is 25.8 Å². The third kappa shape index (κ3) is 1.83. The summed E-state index contributed by atoms with van der Waals surface area (Å²) in [7, 11) is 0. The van der Waals surface area contributed by atoms with E-state index in [4.69, 9.17) is 11.6 Å². The Labute approximate surface area is 83.4 Å². The average Bonchev–Trinajstić information content (AvgIpc) is 2.20. The summed E-state index contributed by atoms with van der Waals surface area (Å²) in [4.78, 5) is 7.84. The quantitative estimate of drug-likeness (QED) is 0.646. The van der Waals surface area contributed by atoms with Gasteiger partial charge in [0.1, 0.15) is 6.33 Å². The van der Waals surface area contributed by atoms with E-state index in [-0.39, 0.29) is 4.87 Å². The van der Waals surface area contributed by atoms with Crippen LogP contribution >= 0.6 is 11.6 Å². The van der Waals surface area contributed by atoms with Crippen molar-refractivity contribution in [2.24, 2.45) is 0 Å². The monoisotopic (exact) mass is 196 g/mol. The lowest BCUT2D eigenvalue weighted by atomic mass is 9.84. The third-order valence-corrected chi connectivity index (χ3v) is 3.32. The van der Waals surface area contributed by atoms with Gasteiger partial charge in [-0.15, -0.1) is 11.6 Å². The molecule has 0 aromatic carbocycles. The van der Waals surface area contributed by atoms with E-state index >= 15 is 0 Å². The van der Waals surface area contributed by atoms with Crippen LogP contribution in [0.25, 0.3) is 0 Å². The Balaban J connectivity index is 2.23. The molecule has 3 heteroatoms. The first-order valence-corrected chi connectivity index (χ1v) is 5.13. The zero-order chi connectivity index (χ0) is 9.15. The van der Waals surface area contributed by atoms with Crippen LogP contribution in [-0.4, -0.2) is 9.97 Å². The van der Waals surface area contributed by atoms with Crippen LogP contribution in [0.15, 0.2) is 18.7 Å². The van der Waals surface area contributed by atoms with Gasteiger partial charge in [-0.3, -0.25) is 0 Å². The highest BCUT2D eigenvalue weighted by atomic mass is 35.5. The average molecular weight is 197 g/mol. The molecule has 0 spiro atoms. The Morgan fingerprint density at radius 2 is 1.69 bits per heavy atom. The van der Waals surface area contributed by atoms with E-state index in [0.717, 1.165) is 18.4 Å². The highest BCUT2D eigenvalue weighted by Crippen LogP contribution is 2.42. The van der Waals surface area contributed by atoms with E-state index in [9.17, 15) is 0 Å². The summed E-state index contributed by atoms with van der Waals surface area (Å²) in [6.45, 7) is 0. The van der Waals surface area contributed by atoms with Gasteiger partial charge in [-0.05, 0) is 12.8 Å². The Bertz CT molecular complexity index is 268. The first-order valence-electron chi connectivity index (χ1n) is 4.76. The maximum atomic E-state index is 6.52. The first kappa shape index (κ1) is 8.95. The number of rotatable bonds is 1. The molecule has 2 rings (SSSR count). The molecule has 2 nitrogen and oxygen atoms in total. The van der Waals surface area contributed by atoms with E-state index in [0.29, 0.717) is 0 Å². The number of halogens is 1. The molecule has 1 heterocycles. The number of aromatic nitrogens is 2. The smallest absolute Gasteiger partial charge is 0.115 e. The highest BCUT2D eigenvalue weighted by molar-refractivity contribution is 6.24. The van der Waals surface area contributed by atoms with Gasteiger partial charge in [-0.1, -0.05) is 19.3 Å². The molecule has 0 N–H and O–H groups in total. The van der Waals surface area contributed by atoms with Gasteiger partial charge in [0.25, 0.3) is 0 Å². The maximum Gasteiger partial charge on any atom is 0.115 e. The van der Waals surface area contributed by atoms with E-state index in [2.05, 4.69) is 9.97 Å². The summed E-state index contributed by atoms with van der Waals surface area (Å²) < 4.78 is 0. The van der Waals surface area contributed by atoms with Crippen LogP contribution in [0.3, 0.4) is 0 Å². The van der Waals surface area contributed by atoms with Crippen molar-refractivity contribution in [2.45, 2.75) is 37.0 Å². The Morgan fingerprint density at radius 1 is 1.08 bits per heavy atom. The summed E-state index contributed by atoms with van der Waals surface area (Å²) >= 11 is 6.52.